The Balaban J connectivity index is 1.41. The summed E-state index contributed by atoms with van der Waals surface area (Å²) in [5.41, 5.74) is 3.33. The van der Waals surface area contributed by atoms with Gasteiger partial charge in [0.05, 0.1) is 0 Å². The van der Waals surface area contributed by atoms with Crippen molar-refractivity contribution in [3.63, 3.8) is 0 Å². The molecule has 8 nitrogen and oxygen atoms in total. The van der Waals surface area contributed by atoms with Gasteiger partial charge in [0.2, 0.25) is 15.9 Å². The van der Waals surface area contributed by atoms with Crippen molar-refractivity contribution in [1.82, 2.24) is 13.8 Å². The van der Waals surface area contributed by atoms with E-state index < -0.39 is 10.0 Å². The fourth-order valence-electron chi connectivity index (χ4n) is 4.60. The Kier molecular flexibility index (Phi) is 6.63. The number of likely N-dealkylation sites (tertiary alicyclic amines) is 1. The first-order valence-corrected chi connectivity index (χ1v) is 13.0. The standard InChI is InChI=1S/C24H32N4O4S/c1-17-7-6-8-21(18(17)2)25-23(29)19-9-13-28(14-10-19)33(31,32)20-15-22(26(3)16-20)24(30)27-11-4-5-12-27/h6-8,15-16,19H,4-5,9-14H2,1-3H3,(H,25,29). The number of benzene rings is 1. The van der Waals surface area contributed by atoms with Crippen LogP contribution in [0.5, 0.6) is 0 Å². The molecule has 1 aromatic carbocycles. The number of carbonyl (C=O) groups is 2. The first kappa shape index (κ1) is 23.5. The van der Waals surface area contributed by atoms with E-state index in [0.717, 1.165) is 29.7 Å². The van der Waals surface area contributed by atoms with E-state index in [4.69, 9.17) is 0 Å². The van der Waals surface area contributed by atoms with Crippen LogP contribution >= 0.6 is 0 Å². The van der Waals surface area contributed by atoms with Crippen LogP contribution in [0.15, 0.2) is 35.4 Å². The van der Waals surface area contributed by atoms with E-state index in [9.17, 15) is 18.0 Å². The minimum absolute atomic E-state index is 0.0704. The first-order valence-electron chi connectivity index (χ1n) is 11.5. The van der Waals surface area contributed by atoms with Crippen LogP contribution in [0, 0.1) is 19.8 Å². The monoisotopic (exact) mass is 472 g/mol. The Labute approximate surface area is 195 Å². The van der Waals surface area contributed by atoms with Gasteiger partial charge in [-0.3, -0.25) is 9.59 Å². The molecular formula is C24H32N4O4S. The maximum atomic E-state index is 13.2. The van der Waals surface area contributed by atoms with Gasteiger partial charge in [0.25, 0.3) is 5.91 Å². The Hall–Kier alpha value is -2.65. The van der Waals surface area contributed by atoms with Crippen LogP contribution in [0.1, 0.15) is 47.3 Å². The Morgan fingerprint density at radius 1 is 1.03 bits per heavy atom. The molecule has 0 bridgehead atoms. The minimum atomic E-state index is -3.73. The molecule has 33 heavy (non-hydrogen) atoms. The van der Waals surface area contributed by atoms with Crippen molar-refractivity contribution in [1.29, 1.82) is 0 Å². The van der Waals surface area contributed by atoms with Crippen molar-refractivity contribution in [2.24, 2.45) is 13.0 Å². The lowest BCUT2D eigenvalue weighted by Gasteiger charge is -2.30. The molecule has 2 saturated heterocycles. The molecule has 1 aromatic heterocycles. The van der Waals surface area contributed by atoms with Crippen molar-refractivity contribution < 1.29 is 18.0 Å². The summed E-state index contributed by atoms with van der Waals surface area (Å²) in [6.45, 7) is 5.95. The van der Waals surface area contributed by atoms with Crippen LogP contribution in [0.25, 0.3) is 0 Å². The van der Waals surface area contributed by atoms with Gasteiger partial charge >= 0.3 is 0 Å². The second-order valence-electron chi connectivity index (χ2n) is 9.09. The topological polar surface area (TPSA) is 91.7 Å². The third kappa shape index (κ3) is 4.70. The minimum Gasteiger partial charge on any atom is -0.345 e. The van der Waals surface area contributed by atoms with E-state index in [2.05, 4.69) is 5.32 Å². The molecule has 2 aliphatic heterocycles. The maximum Gasteiger partial charge on any atom is 0.270 e. The van der Waals surface area contributed by atoms with Gasteiger partial charge < -0.3 is 14.8 Å². The van der Waals surface area contributed by atoms with Crippen LogP contribution in [0.4, 0.5) is 5.69 Å². The lowest BCUT2D eigenvalue weighted by atomic mass is 9.97. The van der Waals surface area contributed by atoms with Crippen LogP contribution in [0.2, 0.25) is 0 Å². The van der Waals surface area contributed by atoms with Crippen molar-refractivity contribution in [3.05, 3.63) is 47.3 Å². The van der Waals surface area contributed by atoms with E-state index in [0.29, 0.717) is 31.6 Å². The number of amides is 2. The number of sulfonamides is 1. The van der Waals surface area contributed by atoms with Crippen molar-refractivity contribution in [2.45, 2.75) is 44.4 Å². The third-order valence-corrected chi connectivity index (χ3v) is 8.78. The lowest BCUT2D eigenvalue weighted by Crippen LogP contribution is -2.41. The number of aryl methyl sites for hydroxylation is 2. The Morgan fingerprint density at radius 2 is 1.70 bits per heavy atom. The number of nitrogens with one attached hydrogen (secondary N) is 1. The number of hydrogen-bond donors (Lipinski definition) is 1. The summed E-state index contributed by atoms with van der Waals surface area (Å²) in [4.78, 5) is 27.4. The van der Waals surface area contributed by atoms with Gasteiger partial charge in [-0.1, -0.05) is 12.1 Å². The molecule has 0 radical (unpaired) electrons. The zero-order chi connectivity index (χ0) is 23.8. The fourth-order valence-corrected chi connectivity index (χ4v) is 6.14. The van der Waals surface area contributed by atoms with Gasteiger partial charge in [0.1, 0.15) is 10.6 Å². The summed E-state index contributed by atoms with van der Waals surface area (Å²) in [5, 5.41) is 3.00. The molecule has 2 aromatic rings. The van der Waals surface area contributed by atoms with E-state index >= 15 is 0 Å². The SMILES string of the molecule is Cc1cccc(NC(=O)C2CCN(S(=O)(=O)c3cc(C(=O)N4CCCC4)n(C)c3)CC2)c1C. The molecular weight excluding hydrogens is 440 g/mol. The molecule has 4 rings (SSSR count). The average molecular weight is 473 g/mol. The zero-order valence-corrected chi connectivity index (χ0v) is 20.3. The summed E-state index contributed by atoms with van der Waals surface area (Å²) < 4.78 is 29.5. The molecule has 178 valence electrons. The van der Waals surface area contributed by atoms with E-state index in [1.165, 1.54) is 16.6 Å². The maximum absolute atomic E-state index is 13.2. The highest BCUT2D eigenvalue weighted by molar-refractivity contribution is 7.89. The fraction of sp³-hybridized carbons (Fsp3) is 0.500. The van der Waals surface area contributed by atoms with Crippen LogP contribution < -0.4 is 5.32 Å². The van der Waals surface area contributed by atoms with Crippen molar-refractivity contribution in [2.75, 3.05) is 31.5 Å². The number of rotatable bonds is 5. The summed E-state index contributed by atoms with van der Waals surface area (Å²) >= 11 is 0. The molecule has 0 atom stereocenters. The van der Waals surface area contributed by atoms with Crippen LogP contribution in [-0.4, -0.2) is 60.2 Å². The highest BCUT2D eigenvalue weighted by Crippen LogP contribution is 2.27. The number of anilines is 1. The number of nitrogens with zero attached hydrogens (tertiary/aromatic N) is 3. The van der Waals surface area contributed by atoms with Crippen molar-refractivity contribution in [3.8, 4) is 0 Å². The number of carbonyl (C=O) groups excluding carboxylic acids is 2. The van der Waals surface area contributed by atoms with Gasteiger partial charge in [0, 0.05) is 51.0 Å². The number of aromatic nitrogens is 1. The summed E-state index contributed by atoms with van der Waals surface area (Å²) in [6.07, 6.45) is 4.39. The highest BCUT2D eigenvalue weighted by atomic mass is 32.2. The summed E-state index contributed by atoms with van der Waals surface area (Å²) in [6, 6.07) is 7.28. The average Bonchev–Trinajstić information content (AvgIpc) is 3.47. The molecule has 2 aliphatic rings. The lowest BCUT2D eigenvalue weighted by molar-refractivity contribution is -0.120. The Morgan fingerprint density at radius 3 is 2.36 bits per heavy atom. The summed E-state index contributed by atoms with van der Waals surface area (Å²) in [5.74, 6) is -0.434. The van der Waals surface area contributed by atoms with Gasteiger partial charge in [-0.15, -0.1) is 0 Å². The predicted molar refractivity (Wildman–Crippen MR) is 127 cm³/mol. The summed E-state index contributed by atoms with van der Waals surface area (Å²) in [7, 11) is -2.03. The molecule has 2 fully saturated rings. The number of hydrogen-bond acceptors (Lipinski definition) is 4. The smallest absolute Gasteiger partial charge is 0.270 e. The molecule has 3 heterocycles. The normalized spacial score (nSPS) is 18.0. The third-order valence-electron chi connectivity index (χ3n) is 6.92. The van der Waals surface area contributed by atoms with E-state index in [-0.39, 0.29) is 35.7 Å². The molecule has 0 aliphatic carbocycles. The van der Waals surface area contributed by atoms with Gasteiger partial charge in [0.15, 0.2) is 0 Å². The largest absolute Gasteiger partial charge is 0.345 e. The first-order chi connectivity index (χ1) is 15.7. The van der Waals surface area contributed by atoms with E-state index in [1.807, 2.05) is 32.0 Å². The van der Waals surface area contributed by atoms with Gasteiger partial charge in [-0.2, -0.15) is 4.31 Å². The number of piperidine rings is 1. The van der Waals surface area contributed by atoms with Crippen LogP contribution in [-0.2, 0) is 21.9 Å². The molecule has 1 N–H and O–H groups in total. The van der Waals surface area contributed by atoms with Gasteiger partial charge in [-0.05, 0) is 62.8 Å². The molecule has 0 saturated carbocycles. The highest BCUT2D eigenvalue weighted by Gasteiger charge is 2.34. The van der Waals surface area contributed by atoms with E-state index in [1.54, 1.807) is 16.5 Å². The second kappa shape index (κ2) is 9.30. The van der Waals surface area contributed by atoms with Crippen LogP contribution in [0.3, 0.4) is 0 Å². The quantitative estimate of drug-likeness (QED) is 0.724. The molecule has 2 amide bonds. The Bertz CT molecular complexity index is 1160. The molecule has 0 unspecified atom stereocenters. The van der Waals surface area contributed by atoms with Crippen molar-refractivity contribution >= 4 is 27.5 Å². The molecule has 0 spiro atoms. The second-order valence-corrected chi connectivity index (χ2v) is 11.0. The zero-order valence-electron chi connectivity index (χ0n) is 19.5. The predicted octanol–water partition coefficient (Wildman–Crippen LogP) is 2.92. The van der Waals surface area contributed by atoms with Gasteiger partial charge in [-0.25, -0.2) is 8.42 Å². The molecule has 9 heteroatoms.